The summed E-state index contributed by atoms with van der Waals surface area (Å²) < 4.78 is 5.74. The van der Waals surface area contributed by atoms with Gasteiger partial charge in [-0.05, 0) is 43.9 Å². The smallest absolute Gasteiger partial charge is 0.119 e. The fourth-order valence-electron chi connectivity index (χ4n) is 2.16. The van der Waals surface area contributed by atoms with Crippen LogP contribution in [0.15, 0.2) is 24.3 Å². The summed E-state index contributed by atoms with van der Waals surface area (Å²) in [6.45, 7) is 4.93. The average molecular weight is 330 g/mol. The molecule has 0 saturated carbocycles. The maximum absolute atomic E-state index is 9.15. The molecule has 0 saturated heterocycles. The topological polar surface area (TPSA) is 55.5 Å². The predicted octanol–water partition coefficient (Wildman–Crippen LogP) is 4.10. The van der Waals surface area contributed by atoms with Gasteiger partial charge in [0.05, 0.1) is 13.2 Å². The van der Waals surface area contributed by atoms with Crippen molar-refractivity contribution >= 4 is 12.4 Å². The predicted molar refractivity (Wildman–Crippen MR) is 95.9 cm³/mol. The van der Waals surface area contributed by atoms with Gasteiger partial charge in [-0.2, -0.15) is 0 Å². The summed E-state index contributed by atoms with van der Waals surface area (Å²) in [6.07, 6.45) is 7.95. The summed E-state index contributed by atoms with van der Waals surface area (Å²) in [5, 5.41) is 9.15. The first-order chi connectivity index (χ1) is 10.1. The van der Waals surface area contributed by atoms with Gasteiger partial charge < -0.3 is 15.6 Å². The maximum Gasteiger partial charge on any atom is 0.119 e. The van der Waals surface area contributed by atoms with Gasteiger partial charge in [0.1, 0.15) is 5.75 Å². The molecule has 128 valence electrons. The van der Waals surface area contributed by atoms with Gasteiger partial charge in [0, 0.05) is 5.54 Å². The Hall–Kier alpha value is -0.770. The van der Waals surface area contributed by atoms with E-state index in [-0.39, 0.29) is 19.0 Å². The van der Waals surface area contributed by atoms with Crippen LogP contribution in [0.25, 0.3) is 0 Å². The van der Waals surface area contributed by atoms with Gasteiger partial charge in [-0.15, -0.1) is 12.4 Å². The molecule has 0 aliphatic carbocycles. The summed E-state index contributed by atoms with van der Waals surface area (Å²) >= 11 is 0. The zero-order chi connectivity index (χ0) is 15.6. The van der Waals surface area contributed by atoms with Crippen molar-refractivity contribution in [2.45, 2.75) is 64.3 Å². The van der Waals surface area contributed by atoms with Gasteiger partial charge >= 0.3 is 0 Å². The van der Waals surface area contributed by atoms with Crippen LogP contribution in [-0.2, 0) is 6.42 Å². The van der Waals surface area contributed by atoms with E-state index in [1.54, 1.807) is 0 Å². The number of rotatable bonds is 11. The quantitative estimate of drug-likeness (QED) is 0.601. The Kier molecular flexibility index (Phi) is 11.3. The first kappa shape index (κ1) is 21.2. The molecule has 0 spiro atoms. The van der Waals surface area contributed by atoms with E-state index in [9.17, 15) is 0 Å². The number of halogens is 1. The highest BCUT2D eigenvalue weighted by molar-refractivity contribution is 5.85. The minimum Gasteiger partial charge on any atom is -0.494 e. The number of unbranched alkanes of at least 4 members (excludes halogenated alkanes) is 4. The molecule has 3 N–H and O–H groups in total. The summed E-state index contributed by atoms with van der Waals surface area (Å²) in [4.78, 5) is 0. The van der Waals surface area contributed by atoms with Crippen LogP contribution >= 0.6 is 12.4 Å². The lowest BCUT2D eigenvalue weighted by Crippen LogP contribution is -2.40. The molecule has 0 aliphatic rings. The molecule has 22 heavy (non-hydrogen) atoms. The summed E-state index contributed by atoms with van der Waals surface area (Å²) in [6, 6.07) is 8.21. The average Bonchev–Trinajstić information content (AvgIpc) is 2.50. The highest BCUT2D eigenvalue weighted by atomic mass is 35.5. The van der Waals surface area contributed by atoms with Crippen molar-refractivity contribution in [3.05, 3.63) is 29.8 Å². The number of hydrogen-bond acceptors (Lipinski definition) is 3. The first-order valence-corrected chi connectivity index (χ1v) is 8.19. The molecule has 0 heterocycles. The van der Waals surface area contributed by atoms with Gasteiger partial charge in [0.25, 0.3) is 0 Å². The number of aliphatic hydroxyl groups is 1. The molecule has 1 aromatic rings. The molecule has 1 aromatic carbocycles. The Morgan fingerprint density at radius 1 is 1.09 bits per heavy atom. The van der Waals surface area contributed by atoms with Crippen LogP contribution in [0.4, 0.5) is 0 Å². The molecular formula is C18H32ClNO2. The fourth-order valence-corrected chi connectivity index (χ4v) is 2.16. The number of aryl methyl sites for hydroxylation is 1. The first-order valence-electron chi connectivity index (χ1n) is 8.19. The lowest BCUT2D eigenvalue weighted by molar-refractivity contribution is 0.200. The summed E-state index contributed by atoms with van der Waals surface area (Å²) in [5.74, 6) is 0.937. The molecule has 0 amide bonds. The van der Waals surface area contributed by atoms with Crippen LogP contribution in [0.2, 0.25) is 0 Å². The zero-order valence-electron chi connectivity index (χ0n) is 14.0. The largest absolute Gasteiger partial charge is 0.494 e. The molecule has 0 fully saturated rings. The number of nitrogens with two attached hydrogens (primary N) is 1. The Bertz CT molecular complexity index is 379. The van der Waals surface area contributed by atoms with E-state index in [0.29, 0.717) is 0 Å². The molecule has 4 heteroatoms. The highest BCUT2D eigenvalue weighted by Crippen LogP contribution is 2.16. The van der Waals surface area contributed by atoms with Crippen molar-refractivity contribution in [3.63, 3.8) is 0 Å². The van der Waals surface area contributed by atoms with E-state index < -0.39 is 5.54 Å². The normalized spacial score (nSPS) is 13.3. The lowest BCUT2D eigenvalue weighted by Gasteiger charge is -2.21. The van der Waals surface area contributed by atoms with Gasteiger partial charge in [-0.1, -0.05) is 44.7 Å². The van der Waals surface area contributed by atoms with E-state index in [4.69, 9.17) is 15.6 Å². The van der Waals surface area contributed by atoms with Gasteiger partial charge in [0.15, 0.2) is 0 Å². The molecular weight excluding hydrogens is 298 g/mol. The fraction of sp³-hybridized carbons (Fsp3) is 0.667. The lowest BCUT2D eigenvalue weighted by atomic mass is 9.95. The summed E-state index contributed by atoms with van der Waals surface area (Å²) in [7, 11) is 0. The molecule has 0 radical (unpaired) electrons. The minimum atomic E-state index is -0.492. The third-order valence-electron chi connectivity index (χ3n) is 3.79. The van der Waals surface area contributed by atoms with Crippen molar-refractivity contribution < 1.29 is 9.84 Å². The Morgan fingerprint density at radius 2 is 1.73 bits per heavy atom. The molecule has 0 unspecified atom stereocenters. The van der Waals surface area contributed by atoms with Crippen LogP contribution < -0.4 is 10.5 Å². The molecule has 0 aliphatic heterocycles. The second-order valence-corrected chi connectivity index (χ2v) is 6.22. The van der Waals surface area contributed by atoms with Crippen LogP contribution in [-0.4, -0.2) is 23.9 Å². The van der Waals surface area contributed by atoms with E-state index in [1.807, 2.05) is 19.1 Å². The van der Waals surface area contributed by atoms with Crippen molar-refractivity contribution in [2.24, 2.45) is 5.73 Å². The standard InChI is InChI=1S/C18H31NO2.ClH/c1-3-4-5-6-7-14-21-17-10-8-16(9-11-17)12-13-18(2,19)15-20;/h8-11,20H,3-7,12-15,19H2,1-2H3;1H/t18-;/m1./s1. The van der Waals surface area contributed by atoms with E-state index in [1.165, 1.54) is 31.2 Å². The Morgan fingerprint density at radius 3 is 2.32 bits per heavy atom. The molecule has 0 bridgehead atoms. The SMILES string of the molecule is CCCCCCCOc1ccc(CC[C@@](C)(N)CO)cc1.Cl. The van der Waals surface area contributed by atoms with Gasteiger partial charge in [-0.3, -0.25) is 0 Å². The Labute approximate surface area is 141 Å². The highest BCUT2D eigenvalue weighted by Gasteiger charge is 2.16. The zero-order valence-corrected chi connectivity index (χ0v) is 14.8. The van der Waals surface area contributed by atoms with Crippen LogP contribution in [0.3, 0.4) is 0 Å². The van der Waals surface area contributed by atoms with E-state index in [2.05, 4.69) is 19.1 Å². The molecule has 0 aromatic heterocycles. The number of benzene rings is 1. The Balaban J connectivity index is 0.00000441. The van der Waals surface area contributed by atoms with E-state index >= 15 is 0 Å². The number of aliphatic hydroxyl groups excluding tert-OH is 1. The van der Waals surface area contributed by atoms with Crippen LogP contribution in [0, 0.1) is 0 Å². The van der Waals surface area contributed by atoms with Crippen LogP contribution in [0.1, 0.15) is 57.9 Å². The van der Waals surface area contributed by atoms with Crippen molar-refractivity contribution in [3.8, 4) is 5.75 Å². The van der Waals surface area contributed by atoms with Crippen molar-refractivity contribution in [2.75, 3.05) is 13.2 Å². The molecule has 1 rings (SSSR count). The summed E-state index contributed by atoms with van der Waals surface area (Å²) in [5.41, 5.74) is 6.67. The van der Waals surface area contributed by atoms with Crippen molar-refractivity contribution in [1.82, 2.24) is 0 Å². The monoisotopic (exact) mass is 329 g/mol. The van der Waals surface area contributed by atoms with Crippen LogP contribution in [0.5, 0.6) is 5.75 Å². The third-order valence-corrected chi connectivity index (χ3v) is 3.79. The second kappa shape index (κ2) is 11.8. The maximum atomic E-state index is 9.15. The number of ether oxygens (including phenoxy) is 1. The van der Waals surface area contributed by atoms with Gasteiger partial charge in [0.2, 0.25) is 0 Å². The molecule has 1 atom stereocenters. The third kappa shape index (κ3) is 9.29. The van der Waals surface area contributed by atoms with E-state index in [0.717, 1.165) is 31.6 Å². The number of hydrogen-bond donors (Lipinski definition) is 2. The second-order valence-electron chi connectivity index (χ2n) is 6.22. The van der Waals surface area contributed by atoms with Crippen molar-refractivity contribution in [1.29, 1.82) is 0 Å². The van der Waals surface area contributed by atoms with Gasteiger partial charge in [-0.25, -0.2) is 0 Å². The minimum absolute atomic E-state index is 0. The molecule has 3 nitrogen and oxygen atoms in total.